The number of carbonyl (C=O) groups excluding carboxylic acids is 2. The first-order valence-electron chi connectivity index (χ1n) is 8.88. The molecule has 7 nitrogen and oxygen atoms in total. The van der Waals surface area contributed by atoms with Crippen molar-refractivity contribution in [2.24, 2.45) is 5.92 Å². The van der Waals surface area contributed by atoms with Crippen LogP contribution in [0.2, 0.25) is 0 Å². The lowest BCUT2D eigenvalue weighted by atomic mass is 9.98. The first-order chi connectivity index (χ1) is 12.5. The van der Waals surface area contributed by atoms with E-state index >= 15 is 0 Å². The van der Waals surface area contributed by atoms with Crippen molar-refractivity contribution in [1.82, 2.24) is 15.3 Å². The van der Waals surface area contributed by atoms with Crippen LogP contribution < -0.4 is 10.9 Å². The van der Waals surface area contributed by atoms with Crippen molar-refractivity contribution in [2.75, 3.05) is 0 Å². The number of ether oxygens (including phenoxy) is 1. The van der Waals surface area contributed by atoms with Crippen LogP contribution in [0, 0.1) is 12.8 Å². The molecule has 26 heavy (non-hydrogen) atoms. The lowest BCUT2D eigenvalue weighted by molar-refractivity contribution is -0.150. The number of rotatable bonds is 5. The second-order valence-corrected chi connectivity index (χ2v) is 6.81. The van der Waals surface area contributed by atoms with Crippen molar-refractivity contribution in [3.8, 4) is 0 Å². The first-order valence-corrected chi connectivity index (χ1v) is 8.88. The highest BCUT2D eigenvalue weighted by atomic mass is 16.5. The Kier molecular flexibility index (Phi) is 5.35. The van der Waals surface area contributed by atoms with Gasteiger partial charge in [0.1, 0.15) is 18.5 Å². The summed E-state index contributed by atoms with van der Waals surface area (Å²) in [6.45, 7) is 3.12. The fourth-order valence-electron chi connectivity index (χ4n) is 3.53. The number of amides is 1. The van der Waals surface area contributed by atoms with Crippen molar-refractivity contribution in [2.45, 2.75) is 52.2 Å². The molecule has 1 fully saturated rings. The van der Waals surface area contributed by atoms with E-state index in [1.54, 1.807) is 12.1 Å². The average Bonchev–Trinajstić information content (AvgIpc) is 3.12. The van der Waals surface area contributed by atoms with Gasteiger partial charge >= 0.3 is 5.97 Å². The van der Waals surface area contributed by atoms with Gasteiger partial charge in [-0.15, -0.1) is 0 Å². The Hall–Kier alpha value is -2.70. The molecule has 2 aromatic rings. The predicted molar refractivity (Wildman–Crippen MR) is 96.5 cm³/mol. The molecule has 3 rings (SSSR count). The topological polar surface area (TPSA) is 101 Å². The Bertz CT molecular complexity index is 884. The zero-order valence-corrected chi connectivity index (χ0v) is 15.0. The molecule has 1 aliphatic carbocycles. The third kappa shape index (κ3) is 3.92. The molecule has 1 aliphatic rings. The molecule has 1 amide bonds. The summed E-state index contributed by atoms with van der Waals surface area (Å²) in [4.78, 5) is 43.2. The molecular weight excluding hydrogens is 334 g/mol. The first kappa shape index (κ1) is 18.1. The van der Waals surface area contributed by atoms with Crippen LogP contribution in [-0.4, -0.2) is 27.9 Å². The highest BCUT2D eigenvalue weighted by Crippen LogP contribution is 2.28. The van der Waals surface area contributed by atoms with Crippen LogP contribution in [0.1, 0.15) is 44.0 Å². The molecular formula is C19H23N3O4. The second-order valence-electron chi connectivity index (χ2n) is 6.81. The van der Waals surface area contributed by atoms with Gasteiger partial charge in [0.05, 0.1) is 10.9 Å². The van der Waals surface area contributed by atoms with Crippen molar-refractivity contribution in [3.63, 3.8) is 0 Å². The van der Waals surface area contributed by atoms with Crippen LogP contribution in [0.4, 0.5) is 0 Å². The van der Waals surface area contributed by atoms with Crippen LogP contribution in [0.5, 0.6) is 0 Å². The Morgan fingerprint density at radius 3 is 2.77 bits per heavy atom. The van der Waals surface area contributed by atoms with E-state index in [1.807, 2.05) is 13.0 Å². The van der Waals surface area contributed by atoms with Gasteiger partial charge in [0.25, 0.3) is 5.56 Å². The van der Waals surface area contributed by atoms with Crippen LogP contribution in [0.3, 0.4) is 0 Å². The van der Waals surface area contributed by atoms with E-state index in [4.69, 9.17) is 4.74 Å². The summed E-state index contributed by atoms with van der Waals surface area (Å²) in [7, 11) is 0. The van der Waals surface area contributed by atoms with Gasteiger partial charge in [-0.2, -0.15) is 0 Å². The number of fused-ring (bicyclic) bond motifs is 1. The molecule has 1 saturated carbocycles. The minimum Gasteiger partial charge on any atom is -0.456 e. The van der Waals surface area contributed by atoms with E-state index in [0.717, 1.165) is 31.2 Å². The number of carbonyl (C=O) groups is 2. The number of nitrogens with one attached hydrogen (secondary N) is 2. The smallest absolute Gasteiger partial charge is 0.329 e. The van der Waals surface area contributed by atoms with Crippen molar-refractivity contribution >= 4 is 22.8 Å². The average molecular weight is 357 g/mol. The molecule has 1 atom stereocenters. The second kappa shape index (κ2) is 7.68. The van der Waals surface area contributed by atoms with E-state index in [-0.39, 0.29) is 29.8 Å². The third-order valence-corrected chi connectivity index (χ3v) is 4.82. The SMILES string of the molecule is CC(=O)N[C@H](C(=O)OCc1nc2c(C)cccc2c(=O)[nH]1)C1CCCC1. The van der Waals surface area contributed by atoms with Crippen molar-refractivity contribution in [1.29, 1.82) is 0 Å². The number of H-pyrrole nitrogens is 1. The van der Waals surface area contributed by atoms with Crippen LogP contribution in [-0.2, 0) is 20.9 Å². The number of aromatic amines is 1. The number of hydrogen-bond donors (Lipinski definition) is 2. The highest BCUT2D eigenvalue weighted by molar-refractivity contribution is 5.83. The standard InChI is InChI=1S/C19H23N3O4/c1-11-6-5-9-14-16(11)21-15(22-18(14)24)10-26-19(25)17(20-12(2)23)13-7-3-4-8-13/h5-6,9,13,17H,3-4,7-8,10H2,1-2H3,(H,20,23)(H,21,22,24)/t17-/m0/s1. The summed E-state index contributed by atoms with van der Waals surface area (Å²) in [6.07, 6.45) is 3.88. The number of nitrogens with zero attached hydrogens (tertiary/aromatic N) is 1. The maximum atomic E-state index is 12.5. The molecule has 1 aromatic carbocycles. The number of esters is 1. The quantitative estimate of drug-likeness (QED) is 0.797. The fourth-order valence-corrected chi connectivity index (χ4v) is 3.53. The number of aryl methyl sites for hydroxylation is 1. The Morgan fingerprint density at radius 2 is 2.08 bits per heavy atom. The molecule has 0 spiro atoms. The van der Waals surface area contributed by atoms with Gasteiger partial charge in [0.15, 0.2) is 0 Å². The lowest BCUT2D eigenvalue weighted by Gasteiger charge is -2.22. The Labute approximate surface area is 151 Å². The molecule has 0 aliphatic heterocycles. The zero-order chi connectivity index (χ0) is 18.7. The molecule has 0 unspecified atom stereocenters. The van der Waals surface area contributed by atoms with Crippen molar-refractivity contribution < 1.29 is 14.3 Å². The lowest BCUT2D eigenvalue weighted by Crippen LogP contribution is -2.45. The monoisotopic (exact) mass is 357 g/mol. The summed E-state index contributed by atoms with van der Waals surface area (Å²) in [5, 5.41) is 3.20. The maximum Gasteiger partial charge on any atom is 0.329 e. The summed E-state index contributed by atoms with van der Waals surface area (Å²) >= 11 is 0. The number of benzene rings is 1. The number of hydrogen-bond acceptors (Lipinski definition) is 5. The molecule has 2 N–H and O–H groups in total. The largest absolute Gasteiger partial charge is 0.456 e. The summed E-state index contributed by atoms with van der Waals surface area (Å²) in [5.41, 5.74) is 1.21. The van der Waals surface area contributed by atoms with E-state index in [0.29, 0.717) is 10.9 Å². The minimum absolute atomic E-state index is 0.0947. The van der Waals surface area contributed by atoms with Crippen LogP contribution in [0.15, 0.2) is 23.0 Å². The summed E-state index contributed by atoms with van der Waals surface area (Å²) < 4.78 is 5.36. The van der Waals surface area contributed by atoms with Crippen LogP contribution in [0.25, 0.3) is 10.9 Å². The molecule has 138 valence electrons. The molecule has 1 aromatic heterocycles. The molecule has 7 heteroatoms. The van der Waals surface area contributed by atoms with Gasteiger partial charge in [-0.3, -0.25) is 9.59 Å². The molecule has 1 heterocycles. The normalized spacial score (nSPS) is 15.8. The Morgan fingerprint density at radius 1 is 1.35 bits per heavy atom. The maximum absolute atomic E-state index is 12.5. The molecule has 0 saturated heterocycles. The predicted octanol–water partition coefficient (Wildman–Crippen LogP) is 1.97. The van der Waals surface area contributed by atoms with Gasteiger partial charge in [0.2, 0.25) is 5.91 Å². The van der Waals surface area contributed by atoms with Gasteiger partial charge in [-0.25, -0.2) is 9.78 Å². The van der Waals surface area contributed by atoms with Gasteiger partial charge in [0, 0.05) is 6.92 Å². The third-order valence-electron chi connectivity index (χ3n) is 4.82. The highest BCUT2D eigenvalue weighted by Gasteiger charge is 2.32. The number of para-hydroxylation sites is 1. The molecule has 0 bridgehead atoms. The van der Waals surface area contributed by atoms with E-state index in [1.165, 1.54) is 6.92 Å². The van der Waals surface area contributed by atoms with Crippen molar-refractivity contribution in [3.05, 3.63) is 39.9 Å². The van der Waals surface area contributed by atoms with Crippen LogP contribution >= 0.6 is 0 Å². The minimum atomic E-state index is -0.649. The Balaban J connectivity index is 1.75. The van der Waals surface area contributed by atoms with E-state index in [2.05, 4.69) is 15.3 Å². The summed E-state index contributed by atoms with van der Waals surface area (Å²) in [6, 6.07) is 4.73. The van der Waals surface area contributed by atoms with E-state index in [9.17, 15) is 14.4 Å². The van der Waals surface area contributed by atoms with Gasteiger partial charge in [-0.05, 0) is 37.3 Å². The number of aromatic nitrogens is 2. The van der Waals surface area contributed by atoms with Gasteiger partial charge < -0.3 is 15.0 Å². The summed E-state index contributed by atoms with van der Waals surface area (Å²) in [5.74, 6) is -0.359. The van der Waals surface area contributed by atoms with Gasteiger partial charge in [-0.1, -0.05) is 25.0 Å². The fraction of sp³-hybridized carbons (Fsp3) is 0.474. The zero-order valence-electron chi connectivity index (χ0n) is 15.0. The molecule has 0 radical (unpaired) electrons. The van der Waals surface area contributed by atoms with E-state index < -0.39 is 12.0 Å².